The molecule has 152 valence electrons. The molecule has 0 unspecified atom stereocenters. The zero-order valence-electron chi connectivity index (χ0n) is 15.8. The van der Waals surface area contributed by atoms with Crippen LogP contribution in [0.15, 0.2) is 36.4 Å². The van der Waals surface area contributed by atoms with Crippen molar-refractivity contribution in [2.45, 2.75) is 13.0 Å². The van der Waals surface area contributed by atoms with E-state index < -0.39 is 0 Å². The maximum atomic E-state index is 9.24. The van der Waals surface area contributed by atoms with Gasteiger partial charge < -0.3 is 20.5 Å². The molecule has 3 rings (SSSR count). The Bertz CT molecular complexity index is 1020. The summed E-state index contributed by atoms with van der Waals surface area (Å²) >= 11 is 6.18. The van der Waals surface area contributed by atoms with E-state index in [0.717, 1.165) is 16.3 Å². The molecule has 7 nitrogen and oxygen atoms in total. The van der Waals surface area contributed by atoms with Crippen LogP contribution in [0.25, 0.3) is 10.8 Å². The molecule has 0 radical (unpaired) electrons. The lowest BCUT2D eigenvalue weighted by Crippen LogP contribution is -2.09. The number of halogens is 2. The second-order valence-corrected chi connectivity index (χ2v) is 6.50. The number of aromatic nitrogens is 2. The molecule has 3 N–H and O–H groups in total. The first-order chi connectivity index (χ1) is 13.7. The number of aliphatic hydroxyl groups is 1. The minimum absolute atomic E-state index is 0. The van der Waals surface area contributed by atoms with Gasteiger partial charge in [0.15, 0.2) is 11.6 Å². The molecule has 0 amide bonds. The molecule has 9 heteroatoms. The number of fused-ring (bicyclic) bond motifs is 1. The Morgan fingerprint density at radius 2 is 1.86 bits per heavy atom. The van der Waals surface area contributed by atoms with Crippen molar-refractivity contribution >= 4 is 46.4 Å². The Hall–Kier alpha value is -2.79. The molecular weight excluding hydrogens is 413 g/mol. The summed E-state index contributed by atoms with van der Waals surface area (Å²) in [7, 11) is 1.57. The Balaban J connectivity index is 0.00000300. The number of anilines is 2. The molecule has 0 aliphatic carbocycles. The van der Waals surface area contributed by atoms with E-state index in [2.05, 4.69) is 26.9 Å². The molecule has 0 aliphatic rings. The molecule has 0 saturated carbocycles. The number of nitrogens with zero attached hydrogens (tertiary/aromatic N) is 3. The van der Waals surface area contributed by atoms with Gasteiger partial charge in [-0.05, 0) is 42.3 Å². The predicted molar refractivity (Wildman–Crippen MR) is 117 cm³/mol. The first kappa shape index (κ1) is 22.5. The summed E-state index contributed by atoms with van der Waals surface area (Å²) in [6, 6.07) is 13.1. The largest absolute Gasteiger partial charge is 0.495 e. The number of benzene rings is 2. The van der Waals surface area contributed by atoms with Gasteiger partial charge in [-0.2, -0.15) is 5.26 Å². The van der Waals surface area contributed by atoms with Crippen molar-refractivity contribution in [2.75, 3.05) is 30.9 Å². The molecule has 3 aromatic rings. The van der Waals surface area contributed by atoms with Crippen molar-refractivity contribution in [3.63, 3.8) is 0 Å². The van der Waals surface area contributed by atoms with E-state index in [9.17, 15) is 5.26 Å². The van der Waals surface area contributed by atoms with Crippen LogP contribution in [0.1, 0.15) is 17.5 Å². The van der Waals surface area contributed by atoms with Gasteiger partial charge in [-0.3, -0.25) is 0 Å². The topological polar surface area (TPSA) is 103 Å². The number of nitriles is 1. The van der Waals surface area contributed by atoms with Crippen LogP contribution in [0, 0.1) is 11.3 Å². The van der Waals surface area contributed by atoms with E-state index in [-0.39, 0.29) is 19.0 Å². The van der Waals surface area contributed by atoms with Crippen LogP contribution in [0.5, 0.6) is 5.75 Å². The summed E-state index contributed by atoms with van der Waals surface area (Å²) in [6.07, 6.45) is 0.609. The number of ether oxygens (including phenoxy) is 1. The van der Waals surface area contributed by atoms with Crippen LogP contribution in [0.3, 0.4) is 0 Å². The van der Waals surface area contributed by atoms with E-state index in [1.165, 1.54) is 0 Å². The summed E-state index contributed by atoms with van der Waals surface area (Å²) in [4.78, 5) is 0. The zero-order valence-corrected chi connectivity index (χ0v) is 17.3. The highest BCUT2D eigenvalue weighted by atomic mass is 35.5. The van der Waals surface area contributed by atoms with Gasteiger partial charge in [0.1, 0.15) is 5.75 Å². The predicted octanol–water partition coefficient (Wildman–Crippen LogP) is 3.99. The Morgan fingerprint density at radius 1 is 1.10 bits per heavy atom. The summed E-state index contributed by atoms with van der Waals surface area (Å²) in [6.45, 7) is 1.17. The van der Waals surface area contributed by atoms with Gasteiger partial charge in [0, 0.05) is 30.5 Å². The lowest BCUT2D eigenvalue weighted by Gasteiger charge is -2.13. The smallest absolute Gasteiger partial charge is 0.157 e. The van der Waals surface area contributed by atoms with Gasteiger partial charge >= 0.3 is 0 Å². The van der Waals surface area contributed by atoms with Crippen molar-refractivity contribution in [3.05, 3.63) is 52.5 Å². The van der Waals surface area contributed by atoms with E-state index in [1.54, 1.807) is 19.2 Å². The molecular formula is C20H21Cl2N5O2. The molecule has 29 heavy (non-hydrogen) atoms. The minimum atomic E-state index is 0. The maximum Gasteiger partial charge on any atom is 0.157 e. The first-order valence-electron chi connectivity index (χ1n) is 8.78. The number of hydrogen-bond acceptors (Lipinski definition) is 7. The average molecular weight is 434 g/mol. The van der Waals surface area contributed by atoms with E-state index in [4.69, 9.17) is 21.4 Å². The van der Waals surface area contributed by atoms with Crippen molar-refractivity contribution < 1.29 is 9.84 Å². The second-order valence-electron chi connectivity index (χ2n) is 6.10. The van der Waals surface area contributed by atoms with E-state index in [0.29, 0.717) is 47.5 Å². The van der Waals surface area contributed by atoms with Crippen molar-refractivity contribution in [3.8, 4) is 11.8 Å². The van der Waals surface area contributed by atoms with Gasteiger partial charge in [-0.25, -0.2) is 0 Å². The maximum absolute atomic E-state index is 9.24. The summed E-state index contributed by atoms with van der Waals surface area (Å²) in [5.41, 5.74) is 1.50. The molecule has 0 fully saturated rings. The van der Waals surface area contributed by atoms with Gasteiger partial charge in [-0.1, -0.05) is 17.7 Å². The van der Waals surface area contributed by atoms with Crippen molar-refractivity contribution in [1.29, 1.82) is 5.26 Å². The fourth-order valence-electron chi connectivity index (χ4n) is 2.78. The normalized spacial score (nSPS) is 10.1. The highest BCUT2D eigenvalue weighted by molar-refractivity contribution is 6.32. The fourth-order valence-corrected chi connectivity index (χ4v) is 3.06. The average Bonchev–Trinajstić information content (AvgIpc) is 2.72. The highest BCUT2D eigenvalue weighted by Gasteiger charge is 2.11. The standard InChI is InChI=1S/C20H20ClN5O2.ClH/c1-28-18-6-4-14(10-17(18)21)12-24-20-16-9-13(11-22)3-5-15(16)19(25-26-20)23-7-2-8-27;/h3-6,9-10,27H,2,7-8,12H2,1H3,(H,23,25)(H,24,26);1H. The van der Waals surface area contributed by atoms with Gasteiger partial charge in [0.2, 0.25) is 0 Å². The molecule has 0 aliphatic heterocycles. The molecule has 0 saturated heterocycles. The van der Waals surface area contributed by atoms with Crippen LogP contribution < -0.4 is 15.4 Å². The first-order valence-corrected chi connectivity index (χ1v) is 9.15. The number of methoxy groups -OCH3 is 1. The Labute approximate surface area is 180 Å². The minimum Gasteiger partial charge on any atom is -0.495 e. The second kappa shape index (κ2) is 10.7. The van der Waals surface area contributed by atoms with Crippen LogP contribution >= 0.6 is 24.0 Å². The van der Waals surface area contributed by atoms with Crippen LogP contribution in [0.2, 0.25) is 5.02 Å². The van der Waals surface area contributed by atoms with E-state index in [1.807, 2.05) is 24.3 Å². The van der Waals surface area contributed by atoms with Gasteiger partial charge in [-0.15, -0.1) is 22.6 Å². The molecule has 1 aromatic heterocycles. The van der Waals surface area contributed by atoms with Gasteiger partial charge in [0.25, 0.3) is 0 Å². The fraction of sp³-hybridized carbons (Fsp3) is 0.250. The van der Waals surface area contributed by atoms with Crippen LogP contribution in [-0.4, -0.2) is 35.6 Å². The Morgan fingerprint density at radius 3 is 2.52 bits per heavy atom. The number of aliphatic hydroxyl groups excluding tert-OH is 1. The third kappa shape index (κ3) is 5.39. The van der Waals surface area contributed by atoms with E-state index >= 15 is 0 Å². The summed E-state index contributed by atoms with van der Waals surface area (Å²) in [5.74, 6) is 1.81. The number of hydrogen-bond donors (Lipinski definition) is 3. The van der Waals surface area contributed by atoms with Crippen LogP contribution in [0.4, 0.5) is 11.6 Å². The molecule has 0 spiro atoms. The van der Waals surface area contributed by atoms with Crippen molar-refractivity contribution in [1.82, 2.24) is 10.2 Å². The molecule has 1 heterocycles. The monoisotopic (exact) mass is 433 g/mol. The zero-order chi connectivity index (χ0) is 19.9. The molecule has 0 atom stereocenters. The lowest BCUT2D eigenvalue weighted by molar-refractivity contribution is 0.292. The summed E-state index contributed by atoms with van der Waals surface area (Å²) < 4.78 is 5.17. The summed E-state index contributed by atoms with van der Waals surface area (Å²) in [5, 5.41) is 35.4. The van der Waals surface area contributed by atoms with Crippen LogP contribution in [-0.2, 0) is 6.54 Å². The quantitative estimate of drug-likeness (QED) is 0.461. The number of nitrogens with one attached hydrogen (secondary N) is 2. The third-order valence-corrected chi connectivity index (χ3v) is 4.51. The van der Waals surface area contributed by atoms with Gasteiger partial charge in [0.05, 0.1) is 23.8 Å². The molecule has 0 bridgehead atoms. The Kier molecular flexibility index (Phi) is 8.28. The lowest BCUT2D eigenvalue weighted by atomic mass is 10.1. The SMILES string of the molecule is COc1ccc(CNc2nnc(NCCCO)c3ccc(C#N)cc23)cc1Cl.Cl. The van der Waals surface area contributed by atoms with Crippen molar-refractivity contribution in [2.24, 2.45) is 0 Å². The number of rotatable bonds is 8. The highest BCUT2D eigenvalue weighted by Crippen LogP contribution is 2.29. The third-order valence-electron chi connectivity index (χ3n) is 4.21. The molecule has 2 aromatic carbocycles.